The van der Waals surface area contributed by atoms with Gasteiger partial charge in [-0.15, -0.1) is 0 Å². The zero-order chi connectivity index (χ0) is 31.2. The molecular formula is C39H56O4. The van der Waals surface area contributed by atoms with Gasteiger partial charge in [0.05, 0.1) is 0 Å². The number of ether oxygens (including phenoxy) is 1. The summed E-state index contributed by atoms with van der Waals surface area (Å²) < 4.78 is 6.19. The maximum Gasteiger partial charge on any atom is 0.331 e. The Morgan fingerprint density at radius 3 is 2.30 bits per heavy atom. The topological polar surface area (TPSA) is 66.8 Å². The summed E-state index contributed by atoms with van der Waals surface area (Å²) in [5, 5.41) is 19.4. The van der Waals surface area contributed by atoms with Gasteiger partial charge in [-0.1, -0.05) is 59.8 Å². The van der Waals surface area contributed by atoms with E-state index in [0.29, 0.717) is 39.6 Å². The van der Waals surface area contributed by atoms with Crippen LogP contribution in [0.25, 0.3) is 6.08 Å². The summed E-state index contributed by atoms with van der Waals surface area (Å²) in [5.41, 5.74) is 3.40. The number of phenolic OH excluding ortho intramolecular Hbond substituents is 2. The average Bonchev–Trinajstić information content (AvgIpc) is 3.29. The third-order valence-electron chi connectivity index (χ3n) is 15.1. The van der Waals surface area contributed by atoms with Crippen LogP contribution in [-0.4, -0.2) is 22.3 Å². The maximum absolute atomic E-state index is 13.0. The molecule has 0 amide bonds. The SMILES string of the molecule is C=C(C)[C@@H]1CC[C@]2(C)CC[C@]3(C)[C@H](CC[C@@H]4[C@@]5(C)CC[C@H](OC(=O)/C=C/c6ccc(O)c(O)c6)C(C)(C)[C@@H]5CC[C@]43C)[C@@H]12. The summed E-state index contributed by atoms with van der Waals surface area (Å²) >= 11 is 0. The Morgan fingerprint density at radius 2 is 1.60 bits per heavy atom. The Morgan fingerprint density at radius 1 is 0.860 bits per heavy atom. The second kappa shape index (κ2) is 10.1. The number of rotatable bonds is 4. The molecule has 0 unspecified atom stereocenters. The van der Waals surface area contributed by atoms with E-state index in [1.54, 1.807) is 12.1 Å². The van der Waals surface area contributed by atoms with Crippen LogP contribution in [0.2, 0.25) is 0 Å². The molecule has 5 aliphatic rings. The smallest absolute Gasteiger partial charge is 0.331 e. The van der Waals surface area contributed by atoms with Crippen molar-refractivity contribution in [2.24, 2.45) is 56.7 Å². The Labute approximate surface area is 260 Å². The number of fused-ring (bicyclic) bond motifs is 7. The second-order valence-electron chi connectivity index (χ2n) is 17.2. The molecule has 5 fully saturated rings. The minimum absolute atomic E-state index is 0.103. The molecule has 43 heavy (non-hydrogen) atoms. The van der Waals surface area contributed by atoms with E-state index < -0.39 is 0 Å². The molecule has 0 bridgehead atoms. The number of aromatic hydroxyl groups is 2. The zero-order valence-corrected chi connectivity index (χ0v) is 27.8. The molecule has 236 valence electrons. The molecule has 1 aromatic carbocycles. The van der Waals surface area contributed by atoms with Gasteiger partial charge in [-0.05, 0) is 146 Å². The molecule has 5 aliphatic carbocycles. The predicted octanol–water partition coefficient (Wildman–Crippen LogP) is 9.70. The van der Waals surface area contributed by atoms with E-state index in [-0.39, 0.29) is 34.4 Å². The van der Waals surface area contributed by atoms with Gasteiger partial charge >= 0.3 is 5.97 Å². The Kier molecular flexibility index (Phi) is 7.26. The average molecular weight is 589 g/mol. The number of phenols is 2. The van der Waals surface area contributed by atoms with E-state index in [1.165, 1.54) is 75.1 Å². The monoisotopic (exact) mass is 588 g/mol. The van der Waals surface area contributed by atoms with Crippen molar-refractivity contribution in [1.29, 1.82) is 0 Å². The van der Waals surface area contributed by atoms with Crippen molar-refractivity contribution in [3.63, 3.8) is 0 Å². The number of carbonyl (C=O) groups excluding carboxylic acids is 1. The highest BCUT2D eigenvalue weighted by Crippen LogP contribution is 2.77. The van der Waals surface area contributed by atoms with E-state index in [0.717, 1.165) is 24.7 Å². The van der Waals surface area contributed by atoms with E-state index >= 15 is 0 Å². The highest BCUT2D eigenvalue weighted by atomic mass is 16.5. The van der Waals surface area contributed by atoms with Gasteiger partial charge in [0.25, 0.3) is 0 Å². The van der Waals surface area contributed by atoms with Gasteiger partial charge in [0.15, 0.2) is 11.5 Å². The zero-order valence-electron chi connectivity index (χ0n) is 27.8. The standard InChI is InChI=1S/C39H56O4/c1-24(2)26-15-18-36(5)21-22-38(7)27(34(26)36)11-13-31-37(6)19-17-32(35(3,4)30(37)16-20-39(31,38)8)43-33(42)14-10-25-9-12-28(40)29(41)23-25/h9-10,12,14,23,26-27,30-32,34,40-41H,1,11,13,15-22H2,2-8H3/b14-10+/t26-,27+,30-,31+,32-,34+,36+,37-,38+,39+/m0/s1. The quantitative estimate of drug-likeness (QED) is 0.159. The van der Waals surface area contributed by atoms with Crippen LogP contribution in [0.15, 0.2) is 36.4 Å². The minimum Gasteiger partial charge on any atom is -0.504 e. The predicted molar refractivity (Wildman–Crippen MR) is 173 cm³/mol. The van der Waals surface area contributed by atoms with Crippen LogP contribution in [0.4, 0.5) is 0 Å². The first kappa shape index (κ1) is 30.8. The highest BCUT2D eigenvalue weighted by Gasteiger charge is 2.70. The molecule has 4 nitrogen and oxygen atoms in total. The van der Waals surface area contributed by atoms with Crippen LogP contribution < -0.4 is 0 Å². The van der Waals surface area contributed by atoms with Gasteiger partial charge in [0.2, 0.25) is 0 Å². The molecule has 0 spiro atoms. The molecule has 10 atom stereocenters. The van der Waals surface area contributed by atoms with Crippen LogP contribution in [-0.2, 0) is 9.53 Å². The maximum atomic E-state index is 13.0. The number of allylic oxidation sites excluding steroid dienone is 1. The Hall–Kier alpha value is -2.23. The largest absolute Gasteiger partial charge is 0.504 e. The lowest BCUT2D eigenvalue weighted by molar-refractivity contribution is -0.248. The van der Waals surface area contributed by atoms with E-state index in [9.17, 15) is 15.0 Å². The first-order chi connectivity index (χ1) is 20.1. The molecule has 0 aromatic heterocycles. The molecule has 5 saturated carbocycles. The molecule has 4 heteroatoms. The molecule has 1 aromatic rings. The molecule has 6 rings (SSSR count). The number of hydrogen-bond donors (Lipinski definition) is 2. The Bertz CT molecular complexity index is 1330. The summed E-state index contributed by atoms with van der Waals surface area (Å²) in [5.74, 6) is 2.79. The summed E-state index contributed by atoms with van der Waals surface area (Å²) in [6.07, 6.45) is 15.6. The van der Waals surface area contributed by atoms with Crippen molar-refractivity contribution in [2.45, 2.75) is 119 Å². The normalized spacial score (nSPS) is 45.0. The van der Waals surface area contributed by atoms with Gasteiger partial charge in [0, 0.05) is 11.5 Å². The second-order valence-corrected chi connectivity index (χ2v) is 17.2. The number of hydrogen-bond acceptors (Lipinski definition) is 4. The summed E-state index contributed by atoms with van der Waals surface area (Å²) in [4.78, 5) is 13.0. The van der Waals surface area contributed by atoms with Gasteiger partial charge < -0.3 is 14.9 Å². The number of esters is 1. The van der Waals surface area contributed by atoms with Crippen LogP contribution in [0, 0.1) is 56.7 Å². The van der Waals surface area contributed by atoms with Crippen LogP contribution >= 0.6 is 0 Å². The Balaban J connectivity index is 1.22. The fraction of sp³-hybridized carbons (Fsp3) is 0.718. The molecule has 0 aliphatic heterocycles. The molecule has 0 radical (unpaired) electrons. The van der Waals surface area contributed by atoms with Gasteiger partial charge in [0.1, 0.15) is 6.10 Å². The number of carbonyl (C=O) groups is 1. The van der Waals surface area contributed by atoms with Crippen molar-refractivity contribution in [2.75, 3.05) is 0 Å². The lowest BCUT2D eigenvalue weighted by atomic mass is 9.32. The third-order valence-corrected chi connectivity index (χ3v) is 15.1. The van der Waals surface area contributed by atoms with Gasteiger partial charge in [-0.25, -0.2) is 4.79 Å². The van der Waals surface area contributed by atoms with E-state index in [4.69, 9.17) is 4.74 Å². The summed E-state index contributed by atoms with van der Waals surface area (Å²) in [7, 11) is 0. The van der Waals surface area contributed by atoms with Gasteiger partial charge in [-0.2, -0.15) is 0 Å². The molecule has 0 saturated heterocycles. The first-order valence-corrected chi connectivity index (χ1v) is 17.1. The van der Waals surface area contributed by atoms with E-state index in [1.807, 2.05) is 0 Å². The highest BCUT2D eigenvalue weighted by molar-refractivity contribution is 5.87. The van der Waals surface area contributed by atoms with Crippen molar-refractivity contribution < 1.29 is 19.7 Å². The lowest BCUT2D eigenvalue weighted by Crippen LogP contribution is -2.66. The molecule has 0 heterocycles. The number of benzene rings is 1. The van der Waals surface area contributed by atoms with E-state index in [2.05, 4.69) is 55.0 Å². The third kappa shape index (κ3) is 4.46. The first-order valence-electron chi connectivity index (χ1n) is 17.1. The molecular weight excluding hydrogens is 532 g/mol. The van der Waals surface area contributed by atoms with Crippen LogP contribution in [0.5, 0.6) is 11.5 Å². The summed E-state index contributed by atoms with van der Waals surface area (Å²) in [6.45, 7) is 22.1. The van der Waals surface area contributed by atoms with Crippen molar-refractivity contribution in [1.82, 2.24) is 0 Å². The fourth-order valence-corrected chi connectivity index (χ4v) is 12.7. The summed E-state index contributed by atoms with van der Waals surface area (Å²) in [6, 6.07) is 4.54. The van der Waals surface area contributed by atoms with Crippen LogP contribution in [0.3, 0.4) is 0 Å². The minimum atomic E-state index is -0.336. The van der Waals surface area contributed by atoms with Crippen molar-refractivity contribution >= 4 is 12.0 Å². The van der Waals surface area contributed by atoms with Crippen molar-refractivity contribution in [3.8, 4) is 11.5 Å². The lowest BCUT2D eigenvalue weighted by Gasteiger charge is -2.73. The van der Waals surface area contributed by atoms with Gasteiger partial charge in [-0.3, -0.25) is 0 Å². The fourth-order valence-electron chi connectivity index (χ4n) is 12.7. The molecule has 2 N–H and O–H groups in total. The van der Waals surface area contributed by atoms with Crippen molar-refractivity contribution in [3.05, 3.63) is 42.0 Å². The van der Waals surface area contributed by atoms with Crippen LogP contribution in [0.1, 0.15) is 118 Å².